The van der Waals surface area contributed by atoms with E-state index in [1.165, 1.54) is 0 Å². The molecular weight excluding hydrogens is 364 g/mol. The molecule has 0 unspecified atom stereocenters. The lowest BCUT2D eigenvalue weighted by molar-refractivity contribution is 0.0303. The number of anilines is 1. The molecule has 148 valence electrons. The van der Waals surface area contributed by atoms with Crippen LogP contribution in [0.1, 0.15) is 28.4 Å². The van der Waals surface area contributed by atoms with Gasteiger partial charge < -0.3 is 20.4 Å². The number of nitrogens with zero attached hydrogens (tertiary/aromatic N) is 2. The number of pyridine rings is 1. The van der Waals surface area contributed by atoms with Gasteiger partial charge in [0.15, 0.2) is 0 Å². The lowest BCUT2D eigenvalue weighted by atomic mass is 9.99. The van der Waals surface area contributed by atoms with Gasteiger partial charge in [-0.05, 0) is 42.3 Å². The van der Waals surface area contributed by atoms with Crippen LogP contribution < -0.4 is 5.73 Å². The molecular formula is C23H24N4O2. The predicted molar refractivity (Wildman–Crippen MR) is 115 cm³/mol. The topological polar surface area (TPSA) is 84.2 Å². The number of nitrogen functional groups attached to an aromatic ring is 1. The van der Waals surface area contributed by atoms with Crippen molar-refractivity contribution in [3.05, 3.63) is 71.7 Å². The summed E-state index contributed by atoms with van der Waals surface area (Å²) < 4.78 is 5.34. The first kappa shape index (κ1) is 19.0. The zero-order valence-electron chi connectivity index (χ0n) is 16.4. The SMILES string of the molecule is C/C(=C\c1c(-c2cccnc2)c[nH]c1N)c1cccc(C(=O)N2CCOCC2)c1. The van der Waals surface area contributed by atoms with Gasteiger partial charge in [0.25, 0.3) is 5.91 Å². The van der Waals surface area contributed by atoms with Crippen molar-refractivity contribution in [3.8, 4) is 11.1 Å². The average molecular weight is 388 g/mol. The summed E-state index contributed by atoms with van der Waals surface area (Å²) in [6, 6.07) is 11.6. The number of hydrogen-bond donors (Lipinski definition) is 2. The number of morpholine rings is 1. The summed E-state index contributed by atoms with van der Waals surface area (Å²) in [6.07, 6.45) is 7.50. The van der Waals surface area contributed by atoms with Gasteiger partial charge in [0.2, 0.25) is 0 Å². The Balaban J connectivity index is 1.64. The number of aromatic amines is 1. The molecule has 1 aromatic carbocycles. The van der Waals surface area contributed by atoms with Crippen LogP contribution in [0.5, 0.6) is 0 Å². The van der Waals surface area contributed by atoms with Gasteiger partial charge in [-0.15, -0.1) is 0 Å². The van der Waals surface area contributed by atoms with Crippen LogP contribution in [0.4, 0.5) is 5.82 Å². The third-order valence-corrected chi connectivity index (χ3v) is 5.15. The lowest BCUT2D eigenvalue weighted by Crippen LogP contribution is -2.40. The Morgan fingerprint density at radius 2 is 2.00 bits per heavy atom. The molecule has 3 aromatic rings. The second kappa shape index (κ2) is 8.32. The van der Waals surface area contributed by atoms with Crippen molar-refractivity contribution >= 4 is 23.4 Å². The molecule has 1 amide bonds. The maximum Gasteiger partial charge on any atom is 0.254 e. The summed E-state index contributed by atoms with van der Waals surface area (Å²) in [4.78, 5) is 21.9. The van der Waals surface area contributed by atoms with Crippen LogP contribution in [-0.4, -0.2) is 47.1 Å². The minimum Gasteiger partial charge on any atom is -0.385 e. The molecule has 0 aliphatic carbocycles. The van der Waals surface area contributed by atoms with E-state index in [2.05, 4.69) is 9.97 Å². The number of amides is 1. The van der Waals surface area contributed by atoms with Crippen molar-refractivity contribution in [2.45, 2.75) is 6.92 Å². The molecule has 0 radical (unpaired) electrons. The minimum atomic E-state index is 0.0418. The van der Waals surface area contributed by atoms with Gasteiger partial charge >= 0.3 is 0 Å². The first-order chi connectivity index (χ1) is 14.1. The Hall–Kier alpha value is -3.38. The van der Waals surface area contributed by atoms with E-state index in [4.69, 9.17) is 10.5 Å². The predicted octanol–water partition coefficient (Wildman–Crippen LogP) is 3.69. The van der Waals surface area contributed by atoms with E-state index >= 15 is 0 Å². The number of nitrogens with two attached hydrogens (primary N) is 1. The van der Waals surface area contributed by atoms with E-state index in [9.17, 15) is 4.79 Å². The number of carbonyl (C=O) groups is 1. The third-order valence-electron chi connectivity index (χ3n) is 5.15. The molecule has 2 aromatic heterocycles. The number of benzene rings is 1. The molecule has 29 heavy (non-hydrogen) atoms. The Kier molecular flexibility index (Phi) is 5.44. The number of H-pyrrole nitrogens is 1. The lowest BCUT2D eigenvalue weighted by Gasteiger charge is -2.27. The van der Waals surface area contributed by atoms with Crippen molar-refractivity contribution in [1.29, 1.82) is 0 Å². The van der Waals surface area contributed by atoms with E-state index in [0.717, 1.165) is 27.8 Å². The number of rotatable bonds is 4. The second-order valence-corrected chi connectivity index (χ2v) is 7.08. The molecule has 3 heterocycles. The largest absolute Gasteiger partial charge is 0.385 e. The summed E-state index contributed by atoms with van der Waals surface area (Å²) in [5, 5.41) is 0. The fourth-order valence-corrected chi connectivity index (χ4v) is 3.51. The molecule has 0 bridgehead atoms. The van der Waals surface area contributed by atoms with Crippen LogP contribution >= 0.6 is 0 Å². The fraction of sp³-hybridized carbons (Fsp3) is 0.217. The Bertz CT molecular complexity index is 1030. The molecule has 0 spiro atoms. The number of ether oxygens (including phenoxy) is 1. The van der Waals surface area contributed by atoms with Crippen molar-refractivity contribution in [2.75, 3.05) is 32.0 Å². The van der Waals surface area contributed by atoms with E-state index < -0.39 is 0 Å². The fourth-order valence-electron chi connectivity index (χ4n) is 3.51. The number of nitrogens with one attached hydrogen (secondary N) is 1. The quantitative estimate of drug-likeness (QED) is 0.714. The van der Waals surface area contributed by atoms with Crippen molar-refractivity contribution < 1.29 is 9.53 Å². The molecule has 0 atom stereocenters. The van der Waals surface area contributed by atoms with E-state index in [-0.39, 0.29) is 5.91 Å². The zero-order chi connectivity index (χ0) is 20.2. The molecule has 4 rings (SSSR count). The second-order valence-electron chi connectivity index (χ2n) is 7.08. The maximum atomic E-state index is 12.8. The van der Waals surface area contributed by atoms with Gasteiger partial charge in [-0.25, -0.2) is 0 Å². The summed E-state index contributed by atoms with van der Waals surface area (Å²) in [6.45, 7) is 4.47. The standard InChI is InChI=1S/C23H24N4O2/c1-16(12-20-21(15-26-22(20)24)19-6-3-7-25-14-19)17-4-2-5-18(13-17)23(28)27-8-10-29-11-9-27/h2-7,12-15,26H,8-11,24H2,1H3/b16-12+. The molecule has 1 aliphatic heterocycles. The summed E-state index contributed by atoms with van der Waals surface area (Å²) in [7, 11) is 0. The van der Waals surface area contributed by atoms with E-state index in [1.807, 2.05) is 66.7 Å². The van der Waals surface area contributed by atoms with Crippen molar-refractivity contribution in [2.24, 2.45) is 0 Å². The van der Waals surface area contributed by atoms with Crippen LogP contribution in [-0.2, 0) is 4.74 Å². The average Bonchev–Trinajstić information content (AvgIpc) is 3.14. The van der Waals surface area contributed by atoms with Crippen LogP contribution in [0.15, 0.2) is 55.0 Å². The number of aromatic nitrogens is 2. The number of allylic oxidation sites excluding steroid dienone is 1. The van der Waals surface area contributed by atoms with E-state index in [0.29, 0.717) is 37.7 Å². The van der Waals surface area contributed by atoms with Gasteiger partial charge in [-0.2, -0.15) is 0 Å². The van der Waals surface area contributed by atoms with Crippen molar-refractivity contribution in [3.63, 3.8) is 0 Å². The summed E-state index contributed by atoms with van der Waals surface area (Å²) in [5.41, 5.74) is 11.8. The van der Waals surface area contributed by atoms with Gasteiger partial charge in [0.1, 0.15) is 5.82 Å². The van der Waals surface area contributed by atoms with Crippen LogP contribution in [0.25, 0.3) is 22.8 Å². The Labute approximate surface area is 170 Å². The van der Waals surface area contributed by atoms with Gasteiger partial charge in [0.05, 0.1) is 13.2 Å². The maximum absolute atomic E-state index is 12.8. The van der Waals surface area contributed by atoms with Crippen LogP contribution in [0, 0.1) is 0 Å². The Morgan fingerprint density at radius 1 is 1.21 bits per heavy atom. The molecule has 1 saturated heterocycles. The zero-order valence-corrected chi connectivity index (χ0v) is 16.4. The first-order valence-electron chi connectivity index (χ1n) is 9.66. The van der Waals surface area contributed by atoms with E-state index in [1.54, 1.807) is 6.20 Å². The smallest absolute Gasteiger partial charge is 0.254 e. The summed E-state index contributed by atoms with van der Waals surface area (Å²) >= 11 is 0. The monoisotopic (exact) mass is 388 g/mol. The van der Waals surface area contributed by atoms with Crippen molar-refractivity contribution in [1.82, 2.24) is 14.9 Å². The first-order valence-corrected chi connectivity index (χ1v) is 9.66. The van der Waals surface area contributed by atoms with Crippen LogP contribution in [0.3, 0.4) is 0 Å². The number of carbonyl (C=O) groups excluding carboxylic acids is 1. The highest BCUT2D eigenvalue weighted by Gasteiger charge is 2.19. The summed E-state index contributed by atoms with van der Waals surface area (Å²) in [5.74, 6) is 0.643. The molecule has 6 nitrogen and oxygen atoms in total. The Morgan fingerprint density at radius 3 is 2.76 bits per heavy atom. The molecule has 3 N–H and O–H groups in total. The van der Waals surface area contributed by atoms with Gasteiger partial charge in [0, 0.05) is 53.9 Å². The molecule has 6 heteroatoms. The normalized spacial score (nSPS) is 14.8. The highest BCUT2D eigenvalue weighted by Crippen LogP contribution is 2.31. The molecule has 1 fully saturated rings. The molecule has 1 aliphatic rings. The van der Waals surface area contributed by atoms with Gasteiger partial charge in [-0.1, -0.05) is 18.2 Å². The third kappa shape index (κ3) is 4.07. The highest BCUT2D eigenvalue weighted by molar-refractivity contribution is 5.96. The highest BCUT2D eigenvalue weighted by atomic mass is 16.5. The van der Waals surface area contributed by atoms with Gasteiger partial charge in [-0.3, -0.25) is 9.78 Å². The van der Waals surface area contributed by atoms with Crippen LogP contribution in [0.2, 0.25) is 0 Å². The molecule has 0 saturated carbocycles. The number of hydrogen-bond acceptors (Lipinski definition) is 4. The minimum absolute atomic E-state index is 0.0418.